The number of ether oxygens (including phenoxy) is 2. The van der Waals surface area contributed by atoms with Crippen LogP contribution in [0.2, 0.25) is 5.02 Å². The number of hydrogen-bond donors (Lipinski definition) is 0. The molecule has 0 unspecified atom stereocenters. The Kier molecular flexibility index (Phi) is 8.61. The molecule has 2 aromatic heterocycles. The molecule has 0 saturated carbocycles. The molecule has 45 heavy (non-hydrogen) atoms. The second kappa shape index (κ2) is 12.8. The van der Waals surface area contributed by atoms with E-state index in [9.17, 15) is 9.59 Å². The number of aromatic nitrogens is 2. The number of nitrogens with zero attached hydrogens (tertiary/aromatic N) is 3. The molecule has 0 amide bonds. The number of rotatable bonds is 8. The van der Waals surface area contributed by atoms with Crippen molar-refractivity contribution >= 4 is 35.0 Å². The molecule has 3 heterocycles. The number of carbonyl (C=O) groups excluding carboxylic acids is 1. The van der Waals surface area contributed by atoms with Gasteiger partial charge in [-0.15, -0.1) is 0 Å². The first-order chi connectivity index (χ1) is 21.8. The summed E-state index contributed by atoms with van der Waals surface area (Å²) in [5.41, 5.74) is 6.64. The molecule has 1 atom stereocenters. The second-order valence-electron chi connectivity index (χ2n) is 10.8. The van der Waals surface area contributed by atoms with E-state index in [1.165, 1.54) is 18.4 Å². The Labute approximate surface area is 270 Å². The van der Waals surface area contributed by atoms with Gasteiger partial charge in [0.1, 0.15) is 12.4 Å². The minimum Gasteiger partial charge on any atom is -0.489 e. The van der Waals surface area contributed by atoms with Gasteiger partial charge in [-0.2, -0.15) is 0 Å². The van der Waals surface area contributed by atoms with Crippen LogP contribution in [-0.2, 0) is 16.1 Å². The van der Waals surface area contributed by atoms with Crippen molar-refractivity contribution in [3.63, 3.8) is 0 Å². The van der Waals surface area contributed by atoms with E-state index in [2.05, 4.69) is 10.6 Å². The van der Waals surface area contributed by atoms with Gasteiger partial charge in [-0.25, -0.2) is 9.79 Å². The monoisotopic (exact) mass is 637 g/mol. The van der Waals surface area contributed by atoms with Crippen molar-refractivity contribution in [1.29, 1.82) is 0 Å². The fraction of sp³-hybridized carbons (Fsp3) is 0.194. The average Bonchev–Trinajstić information content (AvgIpc) is 3.53. The molecule has 0 bridgehead atoms. The Balaban J connectivity index is 1.35. The number of esters is 1. The molecule has 0 radical (unpaired) electrons. The van der Waals surface area contributed by atoms with Gasteiger partial charge in [0.15, 0.2) is 4.80 Å². The minimum absolute atomic E-state index is 0.198. The molecule has 7 nitrogen and oxygen atoms in total. The van der Waals surface area contributed by atoms with Crippen molar-refractivity contribution in [3.8, 4) is 11.4 Å². The molecule has 0 N–H and O–H groups in total. The Morgan fingerprint density at radius 2 is 1.73 bits per heavy atom. The highest BCUT2D eigenvalue weighted by Crippen LogP contribution is 2.32. The number of halogens is 1. The number of aryl methyl sites for hydroxylation is 1. The molecule has 5 aromatic rings. The van der Waals surface area contributed by atoms with Crippen LogP contribution >= 0.6 is 22.9 Å². The summed E-state index contributed by atoms with van der Waals surface area (Å²) in [7, 11) is 1.35. The maximum atomic E-state index is 14.0. The van der Waals surface area contributed by atoms with Gasteiger partial charge in [-0.3, -0.25) is 9.36 Å². The lowest BCUT2D eigenvalue weighted by atomic mass is 9.95. The molecule has 0 spiro atoms. The summed E-state index contributed by atoms with van der Waals surface area (Å²) >= 11 is 7.32. The zero-order valence-electron chi connectivity index (χ0n) is 25.4. The summed E-state index contributed by atoms with van der Waals surface area (Å²) in [5.74, 6) is 0.284. The summed E-state index contributed by atoms with van der Waals surface area (Å²) in [6, 6.07) is 26.6. The van der Waals surface area contributed by atoms with E-state index in [1.54, 1.807) is 4.57 Å². The van der Waals surface area contributed by atoms with Gasteiger partial charge in [0, 0.05) is 22.1 Å². The molecule has 0 fully saturated rings. The summed E-state index contributed by atoms with van der Waals surface area (Å²) in [5, 5.41) is 0.697. The average molecular weight is 638 g/mol. The molecule has 228 valence electrons. The number of methoxy groups -OCH3 is 1. The van der Waals surface area contributed by atoms with Crippen molar-refractivity contribution < 1.29 is 14.3 Å². The van der Waals surface area contributed by atoms with Crippen LogP contribution < -0.4 is 19.6 Å². The number of hydrogen-bond acceptors (Lipinski definition) is 6. The van der Waals surface area contributed by atoms with Gasteiger partial charge < -0.3 is 14.0 Å². The molecule has 3 aromatic carbocycles. The third kappa shape index (κ3) is 5.91. The van der Waals surface area contributed by atoms with Crippen molar-refractivity contribution in [1.82, 2.24) is 9.13 Å². The van der Waals surface area contributed by atoms with Crippen molar-refractivity contribution in [2.75, 3.05) is 7.11 Å². The van der Waals surface area contributed by atoms with Crippen LogP contribution in [-0.4, -0.2) is 22.2 Å². The quantitative estimate of drug-likeness (QED) is 0.184. The van der Waals surface area contributed by atoms with Crippen LogP contribution in [0, 0.1) is 13.8 Å². The topological polar surface area (TPSA) is 74.8 Å². The molecule has 0 saturated heterocycles. The molecular weight excluding hydrogens is 606 g/mol. The van der Waals surface area contributed by atoms with Crippen LogP contribution in [0.25, 0.3) is 11.8 Å². The van der Waals surface area contributed by atoms with Gasteiger partial charge in [0.25, 0.3) is 5.56 Å². The molecule has 6 rings (SSSR count). The lowest BCUT2D eigenvalue weighted by Gasteiger charge is -2.25. The Morgan fingerprint density at radius 3 is 2.40 bits per heavy atom. The maximum absolute atomic E-state index is 14.0. The number of carbonyl (C=O) groups is 1. The van der Waals surface area contributed by atoms with Crippen molar-refractivity contribution in [2.24, 2.45) is 4.99 Å². The van der Waals surface area contributed by atoms with Gasteiger partial charge in [0.2, 0.25) is 0 Å². The predicted molar refractivity (Wildman–Crippen MR) is 178 cm³/mol. The summed E-state index contributed by atoms with van der Waals surface area (Å²) in [6.45, 7) is 6.48. The lowest BCUT2D eigenvalue weighted by Crippen LogP contribution is -2.40. The smallest absolute Gasteiger partial charge is 0.338 e. The van der Waals surface area contributed by atoms with E-state index in [0.717, 1.165) is 39.5 Å². The molecular formula is C36H32ClN3O4S. The standard InChI is InChI=1S/C36H32ClN3O4S/c1-5-30-32(35(42)43-4)33(25-9-7-6-8-10-25)40-34(41)31(45-36(40)38-30)20-26-19-22(2)39(23(26)3)28-15-17-29(18-16-28)44-21-24-11-13-27(37)14-12-24/h6-20,33H,5,21H2,1-4H3/b31-20+/t33-/m0/s1. The van der Waals surface area contributed by atoms with E-state index >= 15 is 0 Å². The van der Waals surface area contributed by atoms with E-state index in [4.69, 9.17) is 26.1 Å². The fourth-order valence-electron chi connectivity index (χ4n) is 5.73. The highest BCUT2D eigenvalue weighted by Gasteiger charge is 2.33. The first-order valence-corrected chi connectivity index (χ1v) is 15.8. The molecule has 9 heteroatoms. The first-order valence-electron chi connectivity index (χ1n) is 14.6. The van der Waals surface area contributed by atoms with Crippen LogP contribution in [0.15, 0.2) is 106 Å². The lowest BCUT2D eigenvalue weighted by molar-refractivity contribution is -0.136. The molecule has 1 aliphatic heterocycles. The van der Waals surface area contributed by atoms with Crippen LogP contribution in [0.1, 0.15) is 47.5 Å². The normalized spacial score (nSPS) is 14.7. The minimum atomic E-state index is -0.625. The molecule has 0 aliphatic carbocycles. The van der Waals surface area contributed by atoms with E-state index in [-0.39, 0.29) is 5.56 Å². The number of allylic oxidation sites excluding steroid dienone is 1. The zero-order valence-corrected chi connectivity index (χ0v) is 27.0. The van der Waals surface area contributed by atoms with E-state index in [0.29, 0.717) is 38.7 Å². The van der Waals surface area contributed by atoms with Gasteiger partial charge in [-0.1, -0.05) is 72.3 Å². The molecule has 1 aliphatic rings. The van der Waals surface area contributed by atoms with Gasteiger partial charge in [-0.05, 0) is 85.5 Å². The summed E-state index contributed by atoms with van der Waals surface area (Å²) in [6.07, 6.45) is 2.45. The van der Waals surface area contributed by atoms with Gasteiger partial charge >= 0.3 is 5.97 Å². The highest BCUT2D eigenvalue weighted by molar-refractivity contribution is 7.07. The number of thiazole rings is 1. The highest BCUT2D eigenvalue weighted by atomic mass is 35.5. The van der Waals surface area contributed by atoms with Crippen LogP contribution in [0.5, 0.6) is 5.75 Å². The zero-order chi connectivity index (χ0) is 31.7. The SMILES string of the molecule is CCC1=C(C(=O)OC)[C@H](c2ccccc2)n2c(s/c(=C/c3cc(C)n(-c4ccc(OCc5ccc(Cl)cc5)cc4)c3C)c2=O)=N1. The third-order valence-electron chi connectivity index (χ3n) is 7.94. The first kappa shape index (κ1) is 30.4. The van der Waals surface area contributed by atoms with Crippen LogP contribution in [0.3, 0.4) is 0 Å². The van der Waals surface area contributed by atoms with Crippen LogP contribution in [0.4, 0.5) is 0 Å². The van der Waals surface area contributed by atoms with Crippen molar-refractivity contribution in [2.45, 2.75) is 39.8 Å². The van der Waals surface area contributed by atoms with E-state index < -0.39 is 12.0 Å². The third-order valence-corrected chi connectivity index (χ3v) is 9.17. The van der Waals surface area contributed by atoms with Crippen molar-refractivity contribution in [3.05, 3.63) is 149 Å². The Morgan fingerprint density at radius 1 is 1.02 bits per heavy atom. The number of benzene rings is 3. The largest absolute Gasteiger partial charge is 0.489 e. The predicted octanol–water partition coefficient (Wildman–Crippen LogP) is 6.44. The summed E-state index contributed by atoms with van der Waals surface area (Å²) < 4.78 is 15.5. The van der Waals surface area contributed by atoms with E-state index in [1.807, 2.05) is 106 Å². The second-order valence-corrected chi connectivity index (χ2v) is 12.2. The Hall–Kier alpha value is -4.66. The maximum Gasteiger partial charge on any atom is 0.338 e. The summed E-state index contributed by atoms with van der Waals surface area (Å²) in [4.78, 5) is 32.4. The Bertz CT molecular complexity index is 2090. The fourth-order valence-corrected chi connectivity index (χ4v) is 6.86. The van der Waals surface area contributed by atoms with Gasteiger partial charge in [0.05, 0.1) is 29.0 Å². The number of fused-ring (bicyclic) bond motifs is 1.